The molecule has 0 saturated heterocycles. The number of halogens is 1. The molecule has 0 aliphatic carbocycles. The van der Waals surface area contributed by atoms with Crippen LogP contribution in [0.4, 0.5) is 15.8 Å². The van der Waals surface area contributed by atoms with Crippen molar-refractivity contribution in [3.63, 3.8) is 0 Å². The van der Waals surface area contributed by atoms with Crippen LogP contribution < -0.4 is 5.32 Å². The van der Waals surface area contributed by atoms with Gasteiger partial charge in [-0.2, -0.15) is 5.10 Å². The highest BCUT2D eigenvalue weighted by Crippen LogP contribution is 2.22. The number of benzene rings is 2. The van der Waals surface area contributed by atoms with E-state index in [0.717, 1.165) is 16.6 Å². The van der Waals surface area contributed by atoms with Crippen molar-refractivity contribution in [1.82, 2.24) is 10.2 Å². The number of H-pyrrole nitrogens is 1. The van der Waals surface area contributed by atoms with Gasteiger partial charge in [0, 0.05) is 16.8 Å². The first-order valence-electron chi connectivity index (χ1n) is 6.14. The van der Waals surface area contributed by atoms with Gasteiger partial charge >= 0.3 is 0 Å². The molecule has 0 saturated carbocycles. The summed E-state index contributed by atoms with van der Waals surface area (Å²) in [4.78, 5) is 11.2. The molecule has 1 heterocycles. The van der Waals surface area contributed by atoms with Crippen molar-refractivity contribution in [2.24, 2.45) is 0 Å². The van der Waals surface area contributed by atoms with E-state index in [2.05, 4.69) is 15.5 Å². The summed E-state index contributed by atoms with van der Waals surface area (Å²) < 4.78 is 13.7. The zero-order valence-corrected chi connectivity index (χ0v) is 10.8. The first-order valence-corrected chi connectivity index (χ1v) is 6.14. The van der Waals surface area contributed by atoms with Crippen molar-refractivity contribution in [3.8, 4) is 0 Å². The van der Waals surface area contributed by atoms with Gasteiger partial charge in [0.25, 0.3) is 0 Å². The van der Waals surface area contributed by atoms with Crippen LogP contribution in [0.5, 0.6) is 0 Å². The molecular weight excluding hydrogens is 257 g/mol. The zero-order chi connectivity index (χ0) is 14.1. The quantitative estimate of drug-likeness (QED) is 0.713. The Balaban J connectivity index is 1.90. The molecule has 3 rings (SSSR count). The fraction of sp³-hybridized carbons (Fsp3) is 0.0667. The van der Waals surface area contributed by atoms with E-state index in [0.29, 0.717) is 5.69 Å². The zero-order valence-electron chi connectivity index (χ0n) is 10.8. The standard InChI is InChI=1S/C15H12FN3O/c1-9(20)13-5-4-11(6-14(13)16)18-12-3-2-10-8-17-19-15(10)7-12/h2-8,18H,1H3,(H,17,19). The SMILES string of the molecule is CC(=O)c1ccc(Nc2ccc3cn[nH]c3c2)cc1F. The lowest BCUT2D eigenvalue weighted by Crippen LogP contribution is -1.98. The van der Waals surface area contributed by atoms with E-state index in [1.54, 1.807) is 12.3 Å². The van der Waals surface area contributed by atoms with E-state index < -0.39 is 5.82 Å². The number of rotatable bonds is 3. The molecule has 5 heteroatoms. The molecular formula is C15H12FN3O. The van der Waals surface area contributed by atoms with Crippen LogP contribution in [0.1, 0.15) is 17.3 Å². The smallest absolute Gasteiger partial charge is 0.162 e. The second-order valence-electron chi connectivity index (χ2n) is 4.55. The van der Waals surface area contributed by atoms with E-state index in [1.165, 1.54) is 19.1 Å². The first-order chi connectivity index (χ1) is 9.63. The monoisotopic (exact) mass is 269 g/mol. The molecule has 0 radical (unpaired) electrons. The van der Waals surface area contributed by atoms with Gasteiger partial charge in [0.1, 0.15) is 5.82 Å². The van der Waals surface area contributed by atoms with Gasteiger partial charge in [0.05, 0.1) is 17.3 Å². The highest BCUT2D eigenvalue weighted by molar-refractivity contribution is 5.94. The van der Waals surface area contributed by atoms with E-state index in [1.807, 2.05) is 18.2 Å². The minimum absolute atomic E-state index is 0.0968. The van der Waals surface area contributed by atoms with Gasteiger partial charge in [-0.25, -0.2) is 4.39 Å². The fourth-order valence-corrected chi connectivity index (χ4v) is 2.06. The summed E-state index contributed by atoms with van der Waals surface area (Å²) in [5.74, 6) is -0.807. The van der Waals surface area contributed by atoms with Gasteiger partial charge in [-0.3, -0.25) is 9.89 Å². The minimum atomic E-state index is -0.523. The summed E-state index contributed by atoms with van der Waals surface area (Å²) in [5.41, 5.74) is 2.40. The lowest BCUT2D eigenvalue weighted by atomic mass is 10.1. The average molecular weight is 269 g/mol. The number of ketones is 1. The molecule has 0 fully saturated rings. The maximum Gasteiger partial charge on any atom is 0.162 e. The van der Waals surface area contributed by atoms with Crippen LogP contribution in [-0.4, -0.2) is 16.0 Å². The summed E-state index contributed by atoms with van der Waals surface area (Å²) in [7, 11) is 0. The predicted octanol–water partition coefficient (Wildman–Crippen LogP) is 3.65. The maximum atomic E-state index is 13.7. The highest BCUT2D eigenvalue weighted by Gasteiger charge is 2.08. The third-order valence-electron chi connectivity index (χ3n) is 3.08. The highest BCUT2D eigenvalue weighted by atomic mass is 19.1. The Labute approximate surface area is 114 Å². The Morgan fingerprint density at radius 1 is 1.20 bits per heavy atom. The number of fused-ring (bicyclic) bond motifs is 1. The number of carbonyl (C=O) groups excluding carboxylic acids is 1. The summed E-state index contributed by atoms with van der Waals surface area (Å²) in [6.45, 7) is 1.34. The predicted molar refractivity (Wildman–Crippen MR) is 75.8 cm³/mol. The van der Waals surface area contributed by atoms with Gasteiger partial charge in [-0.05, 0) is 43.3 Å². The number of nitrogens with one attached hydrogen (secondary N) is 2. The normalized spacial score (nSPS) is 10.7. The second-order valence-corrected chi connectivity index (χ2v) is 4.55. The van der Waals surface area contributed by atoms with Crippen LogP contribution in [0.15, 0.2) is 42.6 Å². The lowest BCUT2D eigenvalue weighted by molar-refractivity contribution is 0.101. The Morgan fingerprint density at radius 2 is 1.95 bits per heavy atom. The third-order valence-corrected chi connectivity index (χ3v) is 3.08. The number of Topliss-reactive ketones (excluding diaryl/α,β-unsaturated/α-hetero) is 1. The number of anilines is 2. The maximum absolute atomic E-state index is 13.7. The molecule has 2 N–H and O–H groups in total. The number of aromatic amines is 1. The van der Waals surface area contributed by atoms with Gasteiger partial charge < -0.3 is 5.32 Å². The summed E-state index contributed by atoms with van der Waals surface area (Å²) in [5, 5.41) is 10.9. The van der Waals surface area contributed by atoms with Crippen molar-refractivity contribution >= 4 is 28.1 Å². The molecule has 0 atom stereocenters. The van der Waals surface area contributed by atoms with Crippen molar-refractivity contribution in [1.29, 1.82) is 0 Å². The molecule has 0 aliphatic rings. The van der Waals surface area contributed by atoms with Crippen LogP contribution in [-0.2, 0) is 0 Å². The molecule has 0 unspecified atom stereocenters. The number of hydrogen-bond acceptors (Lipinski definition) is 3. The van der Waals surface area contributed by atoms with Crippen LogP contribution in [0.2, 0.25) is 0 Å². The fourth-order valence-electron chi connectivity index (χ4n) is 2.06. The molecule has 0 bridgehead atoms. The van der Waals surface area contributed by atoms with Gasteiger partial charge in [0.15, 0.2) is 5.78 Å². The minimum Gasteiger partial charge on any atom is -0.355 e. The first kappa shape index (κ1) is 12.3. The molecule has 0 aliphatic heterocycles. The Bertz CT molecular complexity index is 795. The van der Waals surface area contributed by atoms with Gasteiger partial charge in [-0.15, -0.1) is 0 Å². The summed E-state index contributed by atoms with van der Waals surface area (Å²) in [6, 6.07) is 10.2. The van der Waals surface area contributed by atoms with E-state index >= 15 is 0 Å². The van der Waals surface area contributed by atoms with Crippen LogP contribution in [0, 0.1) is 5.82 Å². The summed E-state index contributed by atoms with van der Waals surface area (Å²) >= 11 is 0. The summed E-state index contributed by atoms with van der Waals surface area (Å²) in [6.07, 6.45) is 1.74. The van der Waals surface area contributed by atoms with Crippen molar-refractivity contribution < 1.29 is 9.18 Å². The molecule has 20 heavy (non-hydrogen) atoms. The van der Waals surface area contributed by atoms with Crippen LogP contribution >= 0.6 is 0 Å². The Hall–Kier alpha value is -2.69. The molecule has 100 valence electrons. The van der Waals surface area contributed by atoms with Gasteiger partial charge in [0.2, 0.25) is 0 Å². The van der Waals surface area contributed by atoms with Crippen LogP contribution in [0.25, 0.3) is 10.9 Å². The Morgan fingerprint density at radius 3 is 2.70 bits per heavy atom. The molecule has 1 aromatic heterocycles. The number of carbonyl (C=O) groups is 1. The van der Waals surface area contributed by atoms with Crippen molar-refractivity contribution in [2.75, 3.05) is 5.32 Å². The lowest BCUT2D eigenvalue weighted by Gasteiger charge is -2.08. The van der Waals surface area contributed by atoms with Crippen molar-refractivity contribution in [2.45, 2.75) is 6.92 Å². The van der Waals surface area contributed by atoms with E-state index in [4.69, 9.17) is 0 Å². The van der Waals surface area contributed by atoms with Crippen molar-refractivity contribution in [3.05, 3.63) is 54.0 Å². The molecule has 2 aromatic carbocycles. The van der Waals surface area contributed by atoms with E-state index in [-0.39, 0.29) is 11.3 Å². The largest absolute Gasteiger partial charge is 0.355 e. The molecule has 4 nitrogen and oxygen atoms in total. The number of aromatic nitrogens is 2. The van der Waals surface area contributed by atoms with Gasteiger partial charge in [-0.1, -0.05) is 0 Å². The molecule has 3 aromatic rings. The van der Waals surface area contributed by atoms with Crippen LogP contribution in [0.3, 0.4) is 0 Å². The second kappa shape index (κ2) is 4.77. The molecule has 0 spiro atoms. The number of nitrogens with zero attached hydrogens (tertiary/aromatic N) is 1. The molecule has 0 amide bonds. The Kier molecular flexibility index (Phi) is 2.95. The van der Waals surface area contributed by atoms with E-state index in [9.17, 15) is 9.18 Å². The number of hydrogen-bond donors (Lipinski definition) is 2. The topological polar surface area (TPSA) is 57.8 Å². The average Bonchev–Trinajstić information content (AvgIpc) is 2.85. The third kappa shape index (κ3) is 2.25.